The van der Waals surface area contributed by atoms with Crippen LogP contribution in [0, 0.1) is 17.3 Å². The van der Waals surface area contributed by atoms with Gasteiger partial charge in [-0.2, -0.15) is 13.2 Å². The molecule has 0 radical (unpaired) electrons. The summed E-state index contributed by atoms with van der Waals surface area (Å²) < 4.78 is 38.4. The average molecular weight is 372 g/mol. The Kier molecular flexibility index (Phi) is 4.74. The molecule has 2 saturated heterocycles. The maximum Gasteiger partial charge on any atom is 0.407 e. The van der Waals surface area contributed by atoms with Gasteiger partial charge in [0.25, 0.3) is 0 Å². The van der Waals surface area contributed by atoms with E-state index in [1.54, 1.807) is 17.3 Å². The molecule has 1 unspecified atom stereocenters. The molecule has 0 spiro atoms. The first-order valence-corrected chi connectivity index (χ1v) is 8.67. The summed E-state index contributed by atoms with van der Waals surface area (Å²) in [5, 5.41) is 8.94. The molecule has 3 heterocycles. The van der Waals surface area contributed by atoms with Gasteiger partial charge in [-0.15, -0.1) is 0 Å². The highest BCUT2D eigenvalue weighted by atomic mass is 19.4. The number of rotatable bonds is 4. The van der Waals surface area contributed by atoms with Gasteiger partial charge in [-0.05, 0) is 29.7 Å². The van der Waals surface area contributed by atoms with E-state index in [1.807, 2.05) is 0 Å². The number of hydrogen-bond acceptors (Lipinski definition) is 4. The number of alkyl halides is 3. The zero-order valence-electron chi connectivity index (χ0n) is 14.8. The molecule has 0 aliphatic carbocycles. The molecule has 144 valence electrons. The summed E-state index contributed by atoms with van der Waals surface area (Å²) in [6.07, 6.45) is -0.977. The van der Waals surface area contributed by atoms with Crippen molar-refractivity contribution < 1.29 is 23.1 Å². The predicted molar refractivity (Wildman–Crippen MR) is 89.0 cm³/mol. The second-order valence-electron chi connectivity index (χ2n) is 7.91. The van der Waals surface area contributed by atoms with Gasteiger partial charge in [0, 0.05) is 38.6 Å². The highest BCUT2D eigenvalue weighted by Gasteiger charge is 2.44. The third kappa shape index (κ3) is 3.86. The number of carboxylic acid groups (broad SMARTS) is 1. The summed E-state index contributed by atoms with van der Waals surface area (Å²) in [5.41, 5.74) is 0.797. The number of aromatic nitrogens is 2. The van der Waals surface area contributed by atoms with Gasteiger partial charge in [0.1, 0.15) is 0 Å². The zero-order valence-corrected chi connectivity index (χ0v) is 14.8. The molecule has 26 heavy (non-hydrogen) atoms. The van der Waals surface area contributed by atoms with Crippen molar-refractivity contribution in [1.82, 2.24) is 14.9 Å². The molecule has 0 bridgehead atoms. The van der Waals surface area contributed by atoms with Crippen LogP contribution in [0.25, 0.3) is 0 Å². The van der Waals surface area contributed by atoms with E-state index in [1.165, 1.54) is 4.90 Å². The van der Waals surface area contributed by atoms with Crippen LogP contribution in [0.3, 0.4) is 0 Å². The first-order valence-electron chi connectivity index (χ1n) is 8.67. The van der Waals surface area contributed by atoms with E-state index >= 15 is 0 Å². The fourth-order valence-electron chi connectivity index (χ4n) is 3.61. The fourth-order valence-corrected chi connectivity index (χ4v) is 3.61. The summed E-state index contributed by atoms with van der Waals surface area (Å²) in [5.74, 6) is -0.719. The van der Waals surface area contributed by atoms with Gasteiger partial charge >= 0.3 is 12.3 Å². The molecule has 1 aromatic heterocycles. The van der Waals surface area contributed by atoms with Crippen molar-refractivity contribution in [2.75, 3.05) is 31.1 Å². The van der Waals surface area contributed by atoms with Crippen LogP contribution in [0.1, 0.15) is 25.8 Å². The summed E-state index contributed by atoms with van der Waals surface area (Å²) in [4.78, 5) is 22.4. The van der Waals surface area contributed by atoms with Gasteiger partial charge in [0.05, 0.1) is 5.92 Å². The van der Waals surface area contributed by atoms with Gasteiger partial charge in [0.2, 0.25) is 5.95 Å². The van der Waals surface area contributed by atoms with Crippen molar-refractivity contribution in [2.45, 2.75) is 32.9 Å². The van der Waals surface area contributed by atoms with E-state index in [9.17, 15) is 18.0 Å². The van der Waals surface area contributed by atoms with Crippen molar-refractivity contribution in [1.29, 1.82) is 0 Å². The van der Waals surface area contributed by atoms with Crippen molar-refractivity contribution in [2.24, 2.45) is 17.3 Å². The van der Waals surface area contributed by atoms with E-state index < -0.39 is 18.2 Å². The van der Waals surface area contributed by atoms with Gasteiger partial charge in [-0.3, -0.25) is 0 Å². The number of amides is 1. The predicted octanol–water partition coefficient (Wildman–Crippen LogP) is 3.04. The molecule has 2 aliphatic rings. The molecule has 1 amide bonds. The van der Waals surface area contributed by atoms with Gasteiger partial charge in [-0.25, -0.2) is 14.8 Å². The molecule has 2 aliphatic heterocycles. The van der Waals surface area contributed by atoms with E-state index in [4.69, 9.17) is 5.11 Å². The first kappa shape index (κ1) is 18.7. The topological polar surface area (TPSA) is 69.6 Å². The maximum absolute atomic E-state index is 12.8. The highest BCUT2D eigenvalue weighted by Crippen LogP contribution is 2.37. The lowest BCUT2D eigenvalue weighted by atomic mass is 9.71. The third-order valence-corrected chi connectivity index (χ3v) is 5.54. The number of anilines is 1. The van der Waals surface area contributed by atoms with Crippen LogP contribution in [-0.4, -0.2) is 58.4 Å². The standard InChI is InChI=1S/C17H23F3N4O2/c1-16(2,13-9-24(10-13)15(25)26)5-11-6-21-14(22-7-11)23-4-3-12(8-23)17(18,19)20/h6-7,12-13H,3-5,8-10H2,1-2H3,(H,25,26). The van der Waals surface area contributed by atoms with Crippen LogP contribution in [0.4, 0.5) is 23.9 Å². The van der Waals surface area contributed by atoms with Crippen LogP contribution >= 0.6 is 0 Å². The average Bonchev–Trinajstić information content (AvgIpc) is 2.95. The van der Waals surface area contributed by atoms with Crippen molar-refractivity contribution in [3.8, 4) is 0 Å². The van der Waals surface area contributed by atoms with Gasteiger partial charge in [-0.1, -0.05) is 13.8 Å². The molecule has 0 saturated carbocycles. The van der Waals surface area contributed by atoms with Crippen LogP contribution in [0.15, 0.2) is 12.4 Å². The van der Waals surface area contributed by atoms with Crippen molar-refractivity contribution in [3.05, 3.63) is 18.0 Å². The number of nitrogens with zero attached hydrogens (tertiary/aromatic N) is 4. The fraction of sp³-hybridized carbons (Fsp3) is 0.706. The molecular weight excluding hydrogens is 349 g/mol. The summed E-state index contributed by atoms with van der Waals surface area (Å²) in [6, 6.07) is 0. The van der Waals surface area contributed by atoms with Crippen LogP contribution in [0.2, 0.25) is 0 Å². The van der Waals surface area contributed by atoms with Crippen molar-refractivity contribution >= 4 is 12.0 Å². The Hall–Kier alpha value is -2.06. The van der Waals surface area contributed by atoms with E-state index in [0.29, 0.717) is 32.0 Å². The SMILES string of the molecule is CC(C)(Cc1cnc(N2CCC(C(F)(F)F)C2)nc1)C1CN(C(=O)O)C1. The molecule has 1 N–H and O–H groups in total. The Morgan fingerprint density at radius 3 is 2.31 bits per heavy atom. The Morgan fingerprint density at radius 2 is 1.81 bits per heavy atom. The second-order valence-corrected chi connectivity index (χ2v) is 7.91. The lowest BCUT2D eigenvalue weighted by molar-refractivity contribution is -0.168. The van der Waals surface area contributed by atoms with Gasteiger partial charge in [0.15, 0.2) is 0 Å². The Morgan fingerprint density at radius 1 is 1.19 bits per heavy atom. The summed E-state index contributed by atoms with van der Waals surface area (Å²) in [7, 11) is 0. The number of carbonyl (C=O) groups is 1. The molecule has 1 aromatic rings. The zero-order chi connectivity index (χ0) is 19.1. The molecule has 3 rings (SSSR count). The maximum atomic E-state index is 12.8. The molecule has 6 nitrogen and oxygen atoms in total. The third-order valence-electron chi connectivity index (χ3n) is 5.54. The Balaban J connectivity index is 1.57. The normalized spacial score (nSPS) is 21.8. The molecular formula is C17H23F3N4O2. The van der Waals surface area contributed by atoms with Crippen LogP contribution in [0.5, 0.6) is 0 Å². The Bertz CT molecular complexity index is 657. The van der Waals surface area contributed by atoms with Crippen molar-refractivity contribution in [3.63, 3.8) is 0 Å². The highest BCUT2D eigenvalue weighted by molar-refractivity contribution is 5.66. The number of hydrogen-bond donors (Lipinski definition) is 1. The molecule has 2 fully saturated rings. The number of halogens is 3. The second kappa shape index (κ2) is 6.59. The van der Waals surface area contributed by atoms with E-state index in [2.05, 4.69) is 23.8 Å². The minimum Gasteiger partial charge on any atom is -0.465 e. The molecule has 9 heteroatoms. The minimum absolute atomic E-state index is 0.0728. The lowest BCUT2D eigenvalue weighted by Gasteiger charge is -2.46. The molecule has 1 atom stereocenters. The number of likely N-dealkylation sites (tertiary alicyclic amines) is 1. The monoisotopic (exact) mass is 372 g/mol. The van der Waals surface area contributed by atoms with Crippen LogP contribution < -0.4 is 4.90 Å². The quantitative estimate of drug-likeness (QED) is 0.880. The largest absolute Gasteiger partial charge is 0.465 e. The summed E-state index contributed by atoms with van der Waals surface area (Å²) in [6.45, 7) is 5.42. The van der Waals surface area contributed by atoms with Gasteiger partial charge < -0.3 is 14.9 Å². The first-order chi connectivity index (χ1) is 12.1. The lowest BCUT2D eigenvalue weighted by Crippen LogP contribution is -2.55. The molecule has 0 aromatic carbocycles. The van der Waals surface area contributed by atoms with E-state index in [0.717, 1.165) is 5.56 Å². The Labute approximate surface area is 150 Å². The van der Waals surface area contributed by atoms with Crippen LogP contribution in [-0.2, 0) is 6.42 Å². The smallest absolute Gasteiger partial charge is 0.407 e. The summed E-state index contributed by atoms with van der Waals surface area (Å²) >= 11 is 0. The van der Waals surface area contributed by atoms with E-state index in [-0.39, 0.29) is 24.3 Å². The minimum atomic E-state index is -4.18.